The molecule has 0 spiro atoms. The summed E-state index contributed by atoms with van der Waals surface area (Å²) in [7, 11) is -3.87. The fraction of sp³-hybridized carbons (Fsp3) is 0.435. The lowest BCUT2D eigenvalue weighted by Gasteiger charge is -2.30. The largest absolute Gasteiger partial charge is 0.401 e. The van der Waals surface area contributed by atoms with Crippen LogP contribution in [0.15, 0.2) is 53.4 Å². The molecule has 0 saturated carbocycles. The average molecular weight is 482 g/mol. The molecular formula is C23H26F3N3O3S. The van der Waals surface area contributed by atoms with Gasteiger partial charge in [-0.15, -0.1) is 0 Å². The van der Waals surface area contributed by atoms with E-state index in [-0.39, 0.29) is 36.0 Å². The van der Waals surface area contributed by atoms with Crippen molar-refractivity contribution in [1.29, 1.82) is 0 Å². The van der Waals surface area contributed by atoms with Gasteiger partial charge in [0.2, 0.25) is 0 Å². The molecule has 6 nitrogen and oxygen atoms in total. The molecule has 0 bridgehead atoms. The molecule has 0 aromatic heterocycles. The Kier molecular flexibility index (Phi) is 6.67. The minimum absolute atomic E-state index is 0.0265. The van der Waals surface area contributed by atoms with Crippen LogP contribution in [-0.4, -0.2) is 69.6 Å². The Morgan fingerprint density at radius 3 is 2.48 bits per heavy atom. The molecule has 4 rings (SSSR count). The Bertz CT molecular complexity index is 1120. The lowest BCUT2D eigenvalue weighted by Crippen LogP contribution is -2.38. The van der Waals surface area contributed by atoms with E-state index in [1.807, 2.05) is 12.1 Å². The molecule has 1 fully saturated rings. The van der Waals surface area contributed by atoms with Crippen molar-refractivity contribution in [3.63, 3.8) is 0 Å². The molecular weight excluding hydrogens is 455 g/mol. The Morgan fingerprint density at radius 1 is 0.909 bits per heavy atom. The second kappa shape index (κ2) is 9.34. The molecule has 0 N–H and O–H groups in total. The van der Waals surface area contributed by atoms with E-state index >= 15 is 0 Å². The molecule has 0 unspecified atom stereocenters. The summed E-state index contributed by atoms with van der Waals surface area (Å²) in [6, 6.07) is 13.3. The standard InChI is InChI=1S/C23H26F3N3O3S/c24-23(25,26)17-27-11-5-12-28(15-14-27)22(30)19-7-3-9-20(16-19)33(31,32)29-13-4-8-18-6-1-2-10-21(18)29/h1-3,6-7,9-10,16H,4-5,8,11-15,17H2. The van der Waals surface area contributed by atoms with Gasteiger partial charge in [0.15, 0.2) is 0 Å². The molecule has 2 aliphatic rings. The monoisotopic (exact) mass is 481 g/mol. The number of sulfonamides is 1. The third-order valence-corrected chi connectivity index (χ3v) is 7.82. The van der Waals surface area contributed by atoms with Gasteiger partial charge < -0.3 is 4.90 Å². The molecule has 33 heavy (non-hydrogen) atoms. The highest BCUT2D eigenvalue weighted by molar-refractivity contribution is 7.92. The maximum absolute atomic E-state index is 13.4. The van der Waals surface area contributed by atoms with Crippen molar-refractivity contribution >= 4 is 21.6 Å². The van der Waals surface area contributed by atoms with Crippen LogP contribution in [0.4, 0.5) is 18.9 Å². The molecule has 2 heterocycles. The number of para-hydroxylation sites is 1. The van der Waals surface area contributed by atoms with Crippen LogP contribution in [0.2, 0.25) is 0 Å². The van der Waals surface area contributed by atoms with Crippen LogP contribution in [-0.2, 0) is 16.4 Å². The van der Waals surface area contributed by atoms with Crippen LogP contribution >= 0.6 is 0 Å². The van der Waals surface area contributed by atoms with E-state index in [1.165, 1.54) is 32.3 Å². The second-order valence-electron chi connectivity index (χ2n) is 8.37. The van der Waals surface area contributed by atoms with Gasteiger partial charge >= 0.3 is 6.18 Å². The Labute approximate surface area is 191 Å². The molecule has 2 aliphatic heterocycles. The van der Waals surface area contributed by atoms with Crippen LogP contribution in [0.5, 0.6) is 0 Å². The summed E-state index contributed by atoms with van der Waals surface area (Å²) in [6.07, 6.45) is -2.35. The minimum atomic E-state index is -4.28. The van der Waals surface area contributed by atoms with Gasteiger partial charge in [-0.2, -0.15) is 13.2 Å². The number of hydrogen-bond donors (Lipinski definition) is 0. The topological polar surface area (TPSA) is 60.9 Å². The maximum Gasteiger partial charge on any atom is 0.401 e. The first kappa shape index (κ1) is 23.6. The number of hydrogen-bond acceptors (Lipinski definition) is 4. The van der Waals surface area contributed by atoms with Gasteiger partial charge in [0.25, 0.3) is 15.9 Å². The molecule has 2 aromatic carbocycles. The average Bonchev–Trinajstić information content (AvgIpc) is 3.02. The number of anilines is 1. The summed E-state index contributed by atoms with van der Waals surface area (Å²) >= 11 is 0. The lowest BCUT2D eigenvalue weighted by molar-refractivity contribution is -0.145. The van der Waals surface area contributed by atoms with Crippen molar-refractivity contribution in [2.75, 3.05) is 43.6 Å². The number of nitrogens with zero attached hydrogens (tertiary/aromatic N) is 3. The molecule has 1 amide bonds. The lowest BCUT2D eigenvalue weighted by atomic mass is 10.0. The smallest absolute Gasteiger partial charge is 0.337 e. The van der Waals surface area contributed by atoms with Crippen molar-refractivity contribution in [3.8, 4) is 0 Å². The fourth-order valence-corrected chi connectivity index (χ4v) is 6.02. The van der Waals surface area contributed by atoms with Crippen LogP contribution < -0.4 is 4.31 Å². The molecule has 2 aromatic rings. The highest BCUT2D eigenvalue weighted by Crippen LogP contribution is 2.32. The highest BCUT2D eigenvalue weighted by atomic mass is 32.2. The third kappa shape index (κ3) is 5.33. The number of benzene rings is 2. The summed E-state index contributed by atoms with van der Waals surface area (Å²) in [6.45, 7) is 0.216. The van der Waals surface area contributed by atoms with Crippen LogP contribution in [0.25, 0.3) is 0 Å². The van der Waals surface area contributed by atoms with Crippen molar-refractivity contribution in [1.82, 2.24) is 9.80 Å². The number of carbonyl (C=O) groups is 1. The Hall–Kier alpha value is -2.59. The number of halogens is 3. The zero-order valence-electron chi connectivity index (χ0n) is 18.1. The number of alkyl halides is 3. The SMILES string of the molecule is O=C(c1cccc(S(=O)(=O)N2CCCc3ccccc32)c1)N1CCCN(CC(F)(F)F)CC1. The summed E-state index contributed by atoms with van der Waals surface area (Å²) in [5.74, 6) is -0.375. The van der Waals surface area contributed by atoms with Crippen LogP contribution in [0.3, 0.4) is 0 Å². The highest BCUT2D eigenvalue weighted by Gasteiger charge is 2.33. The van der Waals surface area contributed by atoms with Crippen LogP contribution in [0.1, 0.15) is 28.8 Å². The number of fused-ring (bicyclic) bond motifs is 1. The number of aryl methyl sites for hydroxylation is 1. The predicted molar refractivity (Wildman–Crippen MR) is 119 cm³/mol. The minimum Gasteiger partial charge on any atom is -0.337 e. The fourth-order valence-electron chi connectivity index (χ4n) is 4.43. The van der Waals surface area contributed by atoms with E-state index in [0.717, 1.165) is 12.0 Å². The zero-order valence-corrected chi connectivity index (χ0v) is 18.9. The van der Waals surface area contributed by atoms with Crippen molar-refractivity contribution < 1.29 is 26.4 Å². The molecule has 178 valence electrons. The zero-order chi connectivity index (χ0) is 23.6. The Morgan fingerprint density at radius 2 is 1.70 bits per heavy atom. The van der Waals surface area contributed by atoms with E-state index in [9.17, 15) is 26.4 Å². The van der Waals surface area contributed by atoms with E-state index < -0.39 is 22.7 Å². The van der Waals surface area contributed by atoms with E-state index in [4.69, 9.17) is 0 Å². The van der Waals surface area contributed by atoms with E-state index in [0.29, 0.717) is 31.6 Å². The molecule has 1 saturated heterocycles. The quantitative estimate of drug-likeness (QED) is 0.670. The molecule has 0 atom stereocenters. The first-order chi connectivity index (χ1) is 15.6. The first-order valence-corrected chi connectivity index (χ1v) is 12.4. The van der Waals surface area contributed by atoms with Crippen molar-refractivity contribution in [2.24, 2.45) is 0 Å². The number of amides is 1. The van der Waals surface area contributed by atoms with Gasteiger partial charge in [-0.25, -0.2) is 8.42 Å². The van der Waals surface area contributed by atoms with E-state index in [2.05, 4.69) is 0 Å². The third-order valence-electron chi connectivity index (χ3n) is 6.02. The van der Waals surface area contributed by atoms with Crippen molar-refractivity contribution in [2.45, 2.75) is 30.3 Å². The van der Waals surface area contributed by atoms with Crippen LogP contribution in [0, 0.1) is 0 Å². The van der Waals surface area contributed by atoms with Gasteiger partial charge in [-0.3, -0.25) is 14.0 Å². The summed E-state index contributed by atoms with van der Waals surface area (Å²) in [4.78, 5) is 15.9. The first-order valence-electron chi connectivity index (χ1n) is 10.9. The van der Waals surface area contributed by atoms with Gasteiger partial charge in [-0.05, 0) is 49.1 Å². The maximum atomic E-state index is 13.4. The summed E-state index contributed by atoms with van der Waals surface area (Å²) in [5.41, 5.74) is 1.83. The summed E-state index contributed by atoms with van der Waals surface area (Å²) < 4.78 is 66.4. The Balaban J connectivity index is 1.53. The van der Waals surface area contributed by atoms with E-state index in [1.54, 1.807) is 18.2 Å². The predicted octanol–water partition coefficient (Wildman–Crippen LogP) is 3.54. The van der Waals surface area contributed by atoms with Gasteiger partial charge in [0.1, 0.15) is 0 Å². The molecule has 0 aliphatic carbocycles. The number of rotatable bonds is 4. The van der Waals surface area contributed by atoms with Crippen molar-refractivity contribution in [3.05, 3.63) is 59.7 Å². The molecule has 10 heteroatoms. The van der Waals surface area contributed by atoms with Gasteiger partial charge in [-0.1, -0.05) is 24.3 Å². The second-order valence-corrected chi connectivity index (χ2v) is 10.2. The molecule has 0 radical (unpaired) electrons. The summed E-state index contributed by atoms with van der Waals surface area (Å²) in [5, 5.41) is 0. The number of carbonyl (C=O) groups excluding carboxylic acids is 1. The van der Waals surface area contributed by atoms with Gasteiger partial charge in [0.05, 0.1) is 17.1 Å². The van der Waals surface area contributed by atoms with Gasteiger partial charge in [0, 0.05) is 38.3 Å². The normalized spacial score (nSPS) is 18.0.